The van der Waals surface area contributed by atoms with Crippen molar-refractivity contribution in [2.24, 2.45) is 5.92 Å². The van der Waals surface area contributed by atoms with Gasteiger partial charge in [0.25, 0.3) is 0 Å². The summed E-state index contributed by atoms with van der Waals surface area (Å²) in [5, 5.41) is 2.72. The lowest BCUT2D eigenvalue weighted by Crippen LogP contribution is -2.52. The van der Waals surface area contributed by atoms with E-state index in [1.807, 2.05) is 13.8 Å². The molecule has 14 heavy (non-hydrogen) atoms. The van der Waals surface area contributed by atoms with E-state index in [1.165, 1.54) is 0 Å². The van der Waals surface area contributed by atoms with Crippen molar-refractivity contribution in [3.05, 3.63) is 0 Å². The normalized spacial score (nSPS) is 31.5. The molecule has 1 rings (SSSR count). The summed E-state index contributed by atoms with van der Waals surface area (Å²) in [6.07, 6.45) is -1.35. The van der Waals surface area contributed by atoms with Crippen LogP contribution in [0.3, 0.4) is 0 Å². The Hall–Kier alpha value is -0.250. The van der Waals surface area contributed by atoms with Crippen LogP contribution in [-0.4, -0.2) is 18.3 Å². The molecule has 4 heteroatoms. The minimum Gasteiger partial charge on any atom is -0.303 e. The van der Waals surface area contributed by atoms with Crippen molar-refractivity contribution < 1.29 is 13.2 Å². The van der Waals surface area contributed by atoms with Gasteiger partial charge in [0.15, 0.2) is 0 Å². The van der Waals surface area contributed by atoms with Crippen LogP contribution in [-0.2, 0) is 0 Å². The second kappa shape index (κ2) is 4.51. The van der Waals surface area contributed by atoms with Gasteiger partial charge in [0.05, 0.1) is 0 Å². The highest BCUT2D eigenvalue weighted by Gasteiger charge is 2.42. The lowest BCUT2D eigenvalue weighted by atomic mass is 9.89. The van der Waals surface area contributed by atoms with Gasteiger partial charge in [0, 0.05) is 6.04 Å². The molecule has 1 aliphatic rings. The van der Waals surface area contributed by atoms with Crippen molar-refractivity contribution >= 4 is 0 Å². The Bertz CT molecular complexity index is 179. The van der Waals surface area contributed by atoms with E-state index >= 15 is 0 Å². The standard InChI is InChI=1S/C10H18F3N/c1-3-7(2)8-5-4-6-9(14-8)10(11,12)13/h7-9,14H,3-6H2,1-2H3. The van der Waals surface area contributed by atoms with E-state index in [0.29, 0.717) is 12.3 Å². The molecule has 0 saturated carbocycles. The third-order valence-electron chi connectivity index (χ3n) is 3.15. The maximum Gasteiger partial charge on any atom is 0.403 e. The van der Waals surface area contributed by atoms with Crippen LogP contribution in [0.25, 0.3) is 0 Å². The van der Waals surface area contributed by atoms with Crippen molar-refractivity contribution in [3.8, 4) is 0 Å². The Labute approximate surface area is 83.1 Å². The molecule has 84 valence electrons. The Morgan fingerprint density at radius 2 is 2.00 bits per heavy atom. The highest BCUT2D eigenvalue weighted by molar-refractivity contribution is 4.86. The Balaban J connectivity index is 2.52. The van der Waals surface area contributed by atoms with E-state index in [0.717, 1.165) is 12.8 Å². The molecule has 0 radical (unpaired) electrons. The summed E-state index contributed by atoms with van der Waals surface area (Å²) in [6.45, 7) is 4.03. The quantitative estimate of drug-likeness (QED) is 0.736. The van der Waals surface area contributed by atoms with Crippen LogP contribution in [0.4, 0.5) is 13.2 Å². The Morgan fingerprint density at radius 3 is 2.50 bits per heavy atom. The van der Waals surface area contributed by atoms with Crippen LogP contribution in [0.1, 0.15) is 39.5 Å². The molecular weight excluding hydrogens is 191 g/mol. The minimum absolute atomic E-state index is 0.0420. The zero-order valence-electron chi connectivity index (χ0n) is 8.69. The van der Waals surface area contributed by atoms with Gasteiger partial charge in [0.2, 0.25) is 0 Å². The van der Waals surface area contributed by atoms with Gasteiger partial charge < -0.3 is 5.32 Å². The van der Waals surface area contributed by atoms with Gasteiger partial charge in [-0.05, 0) is 25.2 Å². The third-order valence-corrected chi connectivity index (χ3v) is 3.15. The number of alkyl halides is 3. The second-order valence-corrected chi connectivity index (χ2v) is 4.18. The van der Waals surface area contributed by atoms with Crippen LogP contribution in [0, 0.1) is 5.92 Å². The SMILES string of the molecule is CCC(C)C1CCCC(C(F)(F)F)N1. The summed E-state index contributed by atoms with van der Waals surface area (Å²) in [7, 11) is 0. The first kappa shape index (κ1) is 11.8. The molecule has 1 fully saturated rings. The fraction of sp³-hybridized carbons (Fsp3) is 1.00. The molecule has 0 spiro atoms. The molecule has 0 aromatic rings. The molecule has 1 aliphatic heterocycles. The maximum absolute atomic E-state index is 12.4. The summed E-state index contributed by atoms with van der Waals surface area (Å²) in [6, 6.07) is -1.24. The molecule has 1 heterocycles. The molecule has 1 saturated heterocycles. The monoisotopic (exact) mass is 209 g/mol. The molecule has 0 bridgehead atoms. The van der Waals surface area contributed by atoms with Crippen LogP contribution < -0.4 is 5.32 Å². The van der Waals surface area contributed by atoms with Crippen molar-refractivity contribution in [3.63, 3.8) is 0 Å². The average Bonchev–Trinajstić information content (AvgIpc) is 2.15. The molecule has 3 atom stereocenters. The fourth-order valence-corrected chi connectivity index (χ4v) is 1.96. The highest BCUT2D eigenvalue weighted by Crippen LogP contribution is 2.30. The molecule has 0 aromatic carbocycles. The highest BCUT2D eigenvalue weighted by atomic mass is 19.4. The molecule has 0 amide bonds. The van der Waals surface area contributed by atoms with E-state index in [9.17, 15) is 13.2 Å². The van der Waals surface area contributed by atoms with E-state index in [2.05, 4.69) is 5.32 Å². The van der Waals surface area contributed by atoms with Crippen LogP contribution in [0.5, 0.6) is 0 Å². The van der Waals surface area contributed by atoms with Gasteiger partial charge in [-0.2, -0.15) is 13.2 Å². The van der Waals surface area contributed by atoms with Gasteiger partial charge in [-0.3, -0.25) is 0 Å². The zero-order valence-corrected chi connectivity index (χ0v) is 8.69. The van der Waals surface area contributed by atoms with E-state index in [-0.39, 0.29) is 12.5 Å². The zero-order chi connectivity index (χ0) is 10.8. The van der Waals surface area contributed by atoms with Crippen molar-refractivity contribution in [2.75, 3.05) is 0 Å². The smallest absolute Gasteiger partial charge is 0.303 e. The summed E-state index contributed by atoms with van der Waals surface area (Å²) >= 11 is 0. The molecular formula is C10H18F3N. The average molecular weight is 209 g/mol. The molecule has 0 aliphatic carbocycles. The largest absolute Gasteiger partial charge is 0.403 e. The number of hydrogen-bond donors (Lipinski definition) is 1. The Kier molecular flexibility index (Phi) is 3.81. The van der Waals surface area contributed by atoms with Crippen molar-refractivity contribution in [1.82, 2.24) is 5.32 Å². The Morgan fingerprint density at radius 1 is 1.36 bits per heavy atom. The van der Waals surface area contributed by atoms with Gasteiger partial charge in [0.1, 0.15) is 6.04 Å². The molecule has 3 unspecified atom stereocenters. The number of rotatable bonds is 2. The summed E-state index contributed by atoms with van der Waals surface area (Å²) in [5.74, 6) is 0.333. The predicted molar refractivity (Wildman–Crippen MR) is 50.1 cm³/mol. The van der Waals surface area contributed by atoms with Crippen LogP contribution in [0.2, 0.25) is 0 Å². The topological polar surface area (TPSA) is 12.0 Å². The van der Waals surface area contributed by atoms with Crippen LogP contribution >= 0.6 is 0 Å². The van der Waals surface area contributed by atoms with E-state index in [1.54, 1.807) is 0 Å². The number of nitrogens with one attached hydrogen (secondary N) is 1. The first-order valence-electron chi connectivity index (χ1n) is 5.28. The third kappa shape index (κ3) is 2.87. The number of hydrogen-bond acceptors (Lipinski definition) is 1. The van der Waals surface area contributed by atoms with E-state index < -0.39 is 12.2 Å². The van der Waals surface area contributed by atoms with Crippen LogP contribution in [0.15, 0.2) is 0 Å². The fourth-order valence-electron chi connectivity index (χ4n) is 1.96. The molecule has 1 N–H and O–H groups in total. The molecule has 0 aromatic heterocycles. The van der Waals surface area contributed by atoms with Gasteiger partial charge >= 0.3 is 6.18 Å². The lowest BCUT2D eigenvalue weighted by Gasteiger charge is -2.35. The van der Waals surface area contributed by atoms with Crippen molar-refractivity contribution in [1.29, 1.82) is 0 Å². The summed E-state index contributed by atoms with van der Waals surface area (Å²) < 4.78 is 37.3. The number of halogens is 3. The first-order chi connectivity index (χ1) is 6.45. The lowest BCUT2D eigenvalue weighted by molar-refractivity contribution is -0.164. The summed E-state index contributed by atoms with van der Waals surface area (Å²) in [4.78, 5) is 0. The minimum atomic E-state index is -4.08. The van der Waals surface area contributed by atoms with Gasteiger partial charge in [-0.25, -0.2) is 0 Å². The van der Waals surface area contributed by atoms with E-state index in [4.69, 9.17) is 0 Å². The predicted octanol–water partition coefficient (Wildman–Crippen LogP) is 3.11. The first-order valence-corrected chi connectivity index (χ1v) is 5.28. The number of piperidine rings is 1. The summed E-state index contributed by atoms with van der Waals surface area (Å²) in [5.41, 5.74) is 0. The van der Waals surface area contributed by atoms with Crippen molar-refractivity contribution in [2.45, 2.75) is 57.8 Å². The second-order valence-electron chi connectivity index (χ2n) is 4.18. The maximum atomic E-state index is 12.4. The van der Waals surface area contributed by atoms with Gasteiger partial charge in [-0.15, -0.1) is 0 Å². The molecule has 1 nitrogen and oxygen atoms in total. The van der Waals surface area contributed by atoms with Gasteiger partial charge in [-0.1, -0.05) is 20.3 Å².